The first-order valence-corrected chi connectivity index (χ1v) is 8.86. The summed E-state index contributed by atoms with van der Waals surface area (Å²) in [5, 5.41) is 9.82. The summed E-state index contributed by atoms with van der Waals surface area (Å²) in [7, 11) is -3.54. The Morgan fingerprint density at radius 2 is 2.29 bits per heavy atom. The van der Waals surface area contributed by atoms with Crippen LogP contribution in [0, 0.1) is 5.92 Å². The summed E-state index contributed by atoms with van der Waals surface area (Å²) in [5.41, 5.74) is 0.626. The highest BCUT2D eigenvalue weighted by Gasteiger charge is 2.20. The second-order valence-electron chi connectivity index (χ2n) is 5.43. The Kier molecular flexibility index (Phi) is 5.75. The fourth-order valence-electron chi connectivity index (χ4n) is 2.40. The topological polar surface area (TPSA) is 75.6 Å². The van der Waals surface area contributed by atoms with Crippen molar-refractivity contribution in [2.24, 2.45) is 5.92 Å². The number of benzene rings is 1. The summed E-state index contributed by atoms with van der Waals surface area (Å²) in [6.07, 6.45) is 1.88. The van der Waals surface area contributed by atoms with E-state index in [-0.39, 0.29) is 10.8 Å². The molecular formula is C15H23NO4S. The molecule has 0 aliphatic carbocycles. The number of sulfonamides is 1. The van der Waals surface area contributed by atoms with Gasteiger partial charge in [0.05, 0.1) is 17.6 Å². The van der Waals surface area contributed by atoms with Gasteiger partial charge in [0.15, 0.2) is 0 Å². The molecule has 0 radical (unpaired) electrons. The van der Waals surface area contributed by atoms with Crippen LogP contribution in [-0.2, 0) is 14.8 Å². The predicted octanol–water partition coefficient (Wildman–Crippen LogP) is 1.83. The van der Waals surface area contributed by atoms with Gasteiger partial charge in [0.25, 0.3) is 0 Å². The van der Waals surface area contributed by atoms with Crippen LogP contribution in [0.5, 0.6) is 0 Å². The quantitative estimate of drug-likeness (QED) is 0.840. The average molecular weight is 313 g/mol. The van der Waals surface area contributed by atoms with Crippen molar-refractivity contribution in [2.45, 2.75) is 37.2 Å². The van der Waals surface area contributed by atoms with Crippen molar-refractivity contribution in [3.63, 3.8) is 0 Å². The third-order valence-electron chi connectivity index (χ3n) is 3.76. The Hall–Kier alpha value is -0.950. The molecule has 6 heteroatoms. The van der Waals surface area contributed by atoms with E-state index in [1.807, 2.05) is 6.92 Å². The lowest BCUT2D eigenvalue weighted by molar-refractivity contribution is 0.0568. The molecular weight excluding hydrogens is 290 g/mol. The molecule has 1 aliphatic rings. The molecule has 21 heavy (non-hydrogen) atoms. The van der Waals surface area contributed by atoms with Crippen LogP contribution < -0.4 is 4.72 Å². The van der Waals surface area contributed by atoms with Crippen LogP contribution in [0.1, 0.15) is 37.9 Å². The minimum absolute atomic E-state index is 0.198. The van der Waals surface area contributed by atoms with Gasteiger partial charge in [0, 0.05) is 13.2 Å². The zero-order valence-electron chi connectivity index (χ0n) is 12.3. The third kappa shape index (κ3) is 4.51. The van der Waals surface area contributed by atoms with E-state index >= 15 is 0 Å². The van der Waals surface area contributed by atoms with Crippen LogP contribution in [0.3, 0.4) is 0 Å². The van der Waals surface area contributed by atoms with E-state index in [1.54, 1.807) is 18.2 Å². The maximum absolute atomic E-state index is 12.3. The highest BCUT2D eigenvalue weighted by molar-refractivity contribution is 7.89. The summed E-state index contributed by atoms with van der Waals surface area (Å²) in [6.45, 7) is 3.62. The molecule has 1 saturated heterocycles. The van der Waals surface area contributed by atoms with Gasteiger partial charge in [-0.3, -0.25) is 0 Å². The van der Waals surface area contributed by atoms with E-state index in [2.05, 4.69) is 4.72 Å². The maximum atomic E-state index is 12.3. The van der Waals surface area contributed by atoms with Crippen LogP contribution in [0.2, 0.25) is 0 Å². The molecule has 1 fully saturated rings. The Morgan fingerprint density at radius 3 is 2.95 bits per heavy atom. The van der Waals surface area contributed by atoms with Crippen LogP contribution in [-0.4, -0.2) is 33.3 Å². The molecule has 2 unspecified atom stereocenters. The highest BCUT2D eigenvalue weighted by atomic mass is 32.2. The van der Waals surface area contributed by atoms with Gasteiger partial charge in [-0.15, -0.1) is 0 Å². The standard InChI is InChI=1S/C15H23NO4S/c1-2-15(17)13-6-3-7-14(9-13)21(18,19)16-10-12-5-4-8-20-11-12/h3,6-7,9,12,15-17H,2,4-5,8,10-11H2,1H3. The molecule has 1 aromatic rings. The summed E-state index contributed by atoms with van der Waals surface area (Å²) < 4.78 is 32.6. The molecule has 1 aromatic carbocycles. The normalized spacial score (nSPS) is 21.1. The predicted molar refractivity (Wildman–Crippen MR) is 80.4 cm³/mol. The Balaban J connectivity index is 2.04. The minimum Gasteiger partial charge on any atom is -0.388 e. The van der Waals surface area contributed by atoms with E-state index in [9.17, 15) is 13.5 Å². The lowest BCUT2D eigenvalue weighted by atomic mass is 10.0. The maximum Gasteiger partial charge on any atom is 0.240 e. The van der Waals surface area contributed by atoms with Gasteiger partial charge in [0.2, 0.25) is 10.0 Å². The number of rotatable bonds is 6. The number of hydrogen-bond acceptors (Lipinski definition) is 4. The fraction of sp³-hybridized carbons (Fsp3) is 0.600. The molecule has 0 amide bonds. The molecule has 2 N–H and O–H groups in total. The molecule has 0 saturated carbocycles. The van der Waals surface area contributed by atoms with Crippen LogP contribution in [0.25, 0.3) is 0 Å². The zero-order valence-corrected chi connectivity index (χ0v) is 13.1. The number of aliphatic hydroxyl groups excluding tert-OH is 1. The van der Waals surface area contributed by atoms with Gasteiger partial charge in [-0.1, -0.05) is 19.1 Å². The van der Waals surface area contributed by atoms with Gasteiger partial charge in [-0.2, -0.15) is 0 Å². The molecule has 0 spiro atoms. The van der Waals surface area contributed by atoms with Crippen LogP contribution in [0.4, 0.5) is 0 Å². The minimum atomic E-state index is -3.54. The Labute approximate surface area is 126 Å². The highest BCUT2D eigenvalue weighted by Crippen LogP contribution is 2.20. The number of aliphatic hydroxyl groups is 1. The molecule has 0 bridgehead atoms. The largest absolute Gasteiger partial charge is 0.388 e. The molecule has 2 atom stereocenters. The van der Waals surface area contributed by atoms with Crippen molar-refractivity contribution in [3.05, 3.63) is 29.8 Å². The van der Waals surface area contributed by atoms with Gasteiger partial charge in [-0.05, 0) is 42.9 Å². The van der Waals surface area contributed by atoms with Crippen molar-refractivity contribution in [2.75, 3.05) is 19.8 Å². The fourth-order valence-corrected chi connectivity index (χ4v) is 3.57. The molecule has 5 nitrogen and oxygen atoms in total. The Morgan fingerprint density at radius 1 is 1.48 bits per heavy atom. The van der Waals surface area contributed by atoms with Gasteiger partial charge >= 0.3 is 0 Å². The molecule has 118 valence electrons. The molecule has 0 aromatic heterocycles. The van der Waals surface area contributed by atoms with Crippen molar-refractivity contribution >= 4 is 10.0 Å². The van der Waals surface area contributed by atoms with E-state index in [4.69, 9.17) is 4.74 Å². The first kappa shape index (κ1) is 16.4. The van der Waals surface area contributed by atoms with Gasteiger partial charge < -0.3 is 9.84 Å². The summed E-state index contributed by atoms with van der Waals surface area (Å²) >= 11 is 0. The summed E-state index contributed by atoms with van der Waals surface area (Å²) in [5.74, 6) is 0.234. The SMILES string of the molecule is CCC(O)c1cccc(S(=O)(=O)NCC2CCCOC2)c1. The van der Waals surface area contributed by atoms with Gasteiger partial charge in [0.1, 0.15) is 0 Å². The zero-order chi connectivity index (χ0) is 15.3. The molecule has 2 rings (SSSR count). The van der Waals surface area contributed by atoms with Crippen LogP contribution in [0.15, 0.2) is 29.2 Å². The molecule has 1 heterocycles. The van der Waals surface area contributed by atoms with E-state index < -0.39 is 16.1 Å². The van der Waals surface area contributed by atoms with Gasteiger partial charge in [-0.25, -0.2) is 13.1 Å². The van der Waals surface area contributed by atoms with Crippen molar-refractivity contribution in [1.82, 2.24) is 4.72 Å². The number of ether oxygens (including phenoxy) is 1. The van der Waals surface area contributed by atoms with E-state index in [0.29, 0.717) is 25.1 Å². The van der Waals surface area contributed by atoms with Crippen molar-refractivity contribution in [1.29, 1.82) is 0 Å². The van der Waals surface area contributed by atoms with Crippen molar-refractivity contribution in [3.8, 4) is 0 Å². The lowest BCUT2D eigenvalue weighted by Gasteiger charge is -2.22. The monoisotopic (exact) mass is 313 g/mol. The first-order chi connectivity index (χ1) is 10.0. The smallest absolute Gasteiger partial charge is 0.240 e. The Bertz CT molecular complexity index is 553. The van der Waals surface area contributed by atoms with E-state index in [0.717, 1.165) is 19.4 Å². The second-order valence-corrected chi connectivity index (χ2v) is 7.20. The molecule has 1 aliphatic heterocycles. The number of nitrogens with one attached hydrogen (secondary N) is 1. The van der Waals surface area contributed by atoms with Crippen molar-refractivity contribution < 1.29 is 18.3 Å². The average Bonchev–Trinajstić information content (AvgIpc) is 2.53. The summed E-state index contributed by atoms with van der Waals surface area (Å²) in [6, 6.07) is 6.48. The lowest BCUT2D eigenvalue weighted by Crippen LogP contribution is -2.33. The van der Waals surface area contributed by atoms with E-state index in [1.165, 1.54) is 6.07 Å². The third-order valence-corrected chi connectivity index (χ3v) is 5.18. The first-order valence-electron chi connectivity index (χ1n) is 7.38. The number of hydrogen-bond donors (Lipinski definition) is 2. The van der Waals surface area contributed by atoms with Crippen LogP contribution >= 0.6 is 0 Å². The second kappa shape index (κ2) is 7.35. The summed E-state index contributed by atoms with van der Waals surface area (Å²) in [4.78, 5) is 0.198.